The van der Waals surface area contributed by atoms with Crippen molar-refractivity contribution < 1.29 is 4.39 Å². The summed E-state index contributed by atoms with van der Waals surface area (Å²) < 4.78 is 16.8. The van der Waals surface area contributed by atoms with Crippen molar-refractivity contribution in [2.45, 2.75) is 19.9 Å². The molecule has 1 saturated heterocycles. The zero-order chi connectivity index (χ0) is 22.1. The van der Waals surface area contributed by atoms with Gasteiger partial charge in [-0.3, -0.25) is 0 Å². The smallest absolute Gasteiger partial charge is 0.229 e. The minimum atomic E-state index is -0.458. The predicted octanol–water partition coefficient (Wildman–Crippen LogP) is 4.37. The Morgan fingerprint density at radius 2 is 1.88 bits per heavy atom. The molecule has 164 valence electrons. The van der Waals surface area contributed by atoms with Gasteiger partial charge in [-0.1, -0.05) is 6.07 Å². The fourth-order valence-electron chi connectivity index (χ4n) is 4.08. The molecule has 4 aromatic rings. The van der Waals surface area contributed by atoms with E-state index in [0.717, 1.165) is 42.8 Å². The van der Waals surface area contributed by atoms with Crippen molar-refractivity contribution >= 4 is 28.4 Å². The molecule has 0 aliphatic carbocycles. The minimum Gasteiger partial charge on any atom is -0.368 e. The fraction of sp³-hybridized carbons (Fsp3) is 0.292. The van der Waals surface area contributed by atoms with Gasteiger partial charge >= 0.3 is 0 Å². The number of piperazine rings is 1. The highest BCUT2D eigenvalue weighted by molar-refractivity contribution is 5.85. The standard InChI is InChI=1S/C24H26FN7/c1-16(2)32-10-7-17-13-18(3-5-21(17)32)23-20(25)15-28-24(30-23)29-22-6-4-19(14-27-22)31-11-8-26-9-12-31/h3-7,10,13-16,26H,8-9,11-12H2,1-2H3,(H,27,28,29,30). The molecule has 0 bridgehead atoms. The van der Waals surface area contributed by atoms with Crippen LogP contribution in [0.4, 0.5) is 21.8 Å². The van der Waals surface area contributed by atoms with Crippen LogP contribution in [0.25, 0.3) is 22.2 Å². The molecule has 1 aliphatic rings. The lowest BCUT2D eigenvalue weighted by Gasteiger charge is -2.29. The number of hydrogen-bond donors (Lipinski definition) is 2. The molecule has 0 radical (unpaired) electrons. The van der Waals surface area contributed by atoms with E-state index in [4.69, 9.17) is 0 Å². The molecule has 2 N–H and O–H groups in total. The van der Waals surface area contributed by atoms with Gasteiger partial charge in [-0.15, -0.1) is 0 Å². The second-order valence-corrected chi connectivity index (χ2v) is 8.24. The van der Waals surface area contributed by atoms with Crippen LogP contribution < -0.4 is 15.5 Å². The Morgan fingerprint density at radius 1 is 1.03 bits per heavy atom. The van der Waals surface area contributed by atoms with Crippen molar-refractivity contribution in [1.82, 2.24) is 24.8 Å². The average molecular weight is 432 g/mol. The van der Waals surface area contributed by atoms with Crippen LogP contribution in [0.3, 0.4) is 0 Å². The van der Waals surface area contributed by atoms with Gasteiger partial charge in [-0.2, -0.15) is 0 Å². The highest BCUT2D eigenvalue weighted by atomic mass is 19.1. The maximum absolute atomic E-state index is 14.6. The van der Waals surface area contributed by atoms with Gasteiger partial charge in [0.15, 0.2) is 5.82 Å². The van der Waals surface area contributed by atoms with E-state index in [0.29, 0.717) is 23.4 Å². The van der Waals surface area contributed by atoms with Gasteiger partial charge in [0, 0.05) is 54.9 Å². The van der Waals surface area contributed by atoms with Crippen molar-refractivity contribution in [2.24, 2.45) is 0 Å². The van der Waals surface area contributed by atoms with E-state index in [9.17, 15) is 4.39 Å². The number of benzene rings is 1. The molecule has 32 heavy (non-hydrogen) atoms. The van der Waals surface area contributed by atoms with Gasteiger partial charge in [0.2, 0.25) is 5.95 Å². The summed E-state index contributed by atoms with van der Waals surface area (Å²) in [7, 11) is 0. The summed E-state index contributed by atoms with van der Waals surface area (Å²) in [6.07, 6.45) is 5.09. The first kappa shape index (κ1) is 20.4. The number of halogens is 1. The first-order valence-corrected chi connectivity index (χ1v) is 10.9. The van der Waals surface area contributed by atoms with Crippen LogP contribution in [-0.4, -0.2) is 45.7 Å². The fourth-order valence-corrected chi connectivity index (χ4v) is 4.08. The molecule has 1 aromatic carbocycles. The Kier molecular flexibility index (Phi) is 5.45. The van der Waals surface area contributed by atoms with Crippen LogP contribution >= 0.6 is 0 Å². The third-order valence-electron chi connectivity index (χ3n) is 5.76. The normalized spacial score (nSPS) is 14.3. The van der Waals surface area contributed by atoms with Gasteiger partial charge in [0.05, 0.1) is 18.1 Å². The van der Waals surface area contributed by atoms with E-state index in [2.05, 4.69) is 55.1 Å². The monoisotopic (exact) mass is 431 g/mol. The first-order valence-electron chi connectivity index (χ1n) is 10.9. The highest BCUT2D eigenvalue weighted by Crippen LogP contribution is 2.28. The number of hydrogen-bond acceptors (Lipinski definition) is 6. The molecule has 8 heteroatoms. The summed E-state index contributed by atoms with van der Waals surface area (Å²) in [6.45, 7) is 8.15. The van der Waals surface area contributed by atoms with E-state index in [1.807, 2.05) is 42.6 Å². The number of nitrogens with zero attached hydrogens (tertiary/aromatic N) is 5. The van der Waals surface area contributed by atoms with E-state index < -0.39 is 5.82 Å². The lowest BCUT2D eigenvalue weighted by Crippen LogP contribution is -2.43. The quantitative estimate of drug-likeness (QED) is 0.489. The zero-order valence-corrected chi connectivity index (χ0v) is 18.2. The molecule has 3 aromatic heterocycles. The molecule has 0 spiro atoms. The molecule has 0 unspecified atom stereocenters. The lowest BCUT2D eigenvalue weighted by molar-refractivity contribution is 0.589. The molecule has 0 saturated carbocycles. The van der Waals surface area contributed by atoms with Crippen LogP contribution in [-0.2, 0) is 0 Å². The molecule has 1 fully saturated rings. The average Bonchev–Trinajstić information content (AvgIpc) is 3.25. The van der Waals surface area contributed by atoms with Crippen molar-refractivity contribution in [3.8, 4) is 11.3 Å². The topological polar surface area (TPSA) is 70.9 Å². The van der Waals surface area contributed by atoms with Crippen LogP contribution in [0.5, 0.6) is 0 Å². The summed E-state index contributed by atoms with van der Waals surface area (Å²) in [6, 6.07) is 12.2. The van der Waals surface area contributed by atoms with Gasteiger partial charge in [-0.25, -0.2) is 19.3 Å². The predicted molar refractivity (Wildman–Crippen MR) is 126 cm³/mol. The summed E-state index contributed by atoms with van der Waals surface area (Å²) in [4.78, 5) is 15.3. The van der Waals surface area contributed by atoms with Crippen LogP contribution in [0.15, 0.2) is 55.0 Å². The molecule has 7 nitrogen and oxygen atoms in total. The second-order valence-electron chi connectivity index (χ2n) is 8.24. The molecule has 5 rings (SSSR count). The van der Waals surface area contributed by atoms with Crippen molar-refractivity contribution in [3.05, 3.63) is 60.8 Å². The summed E-state index contributed by atoms with van der Waals surface area (Å²) in [5.74, 6) is 0.467. The van der Waals surface area contributed by atoms with E-state index in [-0.39, 0.29) is 5.69 Å². The van der Waals surface area contributed by atoms with Crippen LogP contribution in [0.1, 0.15) is 19.9 Å². The Bertz CT molecular complexity index is 1230. The van der Waals surface area contributed by atoms with Gasteiger partial charge < -0.3 is 20.1 Å². The van der Waals surface area contributed by atoms with E-state index >= 15 is 0 Å². The minimum absolute atomic E-state index is 0.263. The lowest BCUT2D eigenvalue weighted by atomic mass is 10.1. The second kappa shape index (κ2) is 8.55. The van der Waals surface area contributed by atoms with Crippen LogP contribution in [0, 0.1) is 5.82 Å². The molecule has 0 amide bonds. The summed E-state index contributed by atoms with van der Waals surface area (Å²) >= 11 is 0. The van der Waals surface area contributed by atoms with Gasteiger partial charge in [0.25, 0.3) is 0 Å². The maximum Gasteiger partial charge on any atom is 0.229 e. The Morgan fingerprint density at radius 3 is 2.62 bits per heavy atom. The van der Waals surface area contributed by atoms with Crippen molar-refractivity contribution in [3.63, 3.8) is 0 Å². The molecule has 0 atom stereocenters. The Balaban J connectivity index is 1.38. The number of pyridine rings is 1. The summed E-state index contributed by atoms with van der Waals surface area (Å²) in [5, 5.41) is 7.49. The highest BCUT2D eigenvalue weighted by Gasteiger charge is 2.14. The van der Waals surface area contributed by atoms with Crippen LogP contribution in [0.2, 0.25) is 0 Å². The number of rotatable bonds is 5. The molecule has 4 heterocycles. The summed E-state index contributed by atoms with van der Waals surface area (Å²) in [5.41, 5.74) is 3.17. The molecule has 1 aliphatic heterocycles. The maximum atomic E-state index is 14.6. The number of nitrogens with one attached hydrogen (secondary N) is 2. The number of fused-ring (bicyclic) bond motifs is 1. The SMILES string of the molecule is CC(C)n1ccc2cc(-c3nc(Nc4ccc(N5CCNCC5)cn4)ncc3F)ccc21. The Labute approximate surface area is 186 Å². The van der Waals surface area contributed by atoms with E-state index in [1.54, 1.807) is 0 Å². The molecular weight excluding hydrogens is 405 g/mol. The third kappa shape index (κ3) is 4.01. The first-order chi connectivity index (χ1) is 15.6. The van der Waals surface area contributed by atoms with Gasteiger partial charge in [-0.05, 0) is 44.2 Å². The van der Waals surface area contributed by atoms with Crippen molar-refractivity contribution in [2.75, 3.05) is 36.4 Å². The van der Waals surface area contributed by atoms with Gasteiger partial charge in [0.1, 0.15) is 11.5 Å². The van der Waals surface area contributed by atoms with E-state index in [1.165, 1.54) is 6.20 Å². The number of anilines is 3. The largest absolute Gasteiger partial charge is 0.368 e. The Hall–Kier alpha value is -3.52. The molecular formula is C24H26FN7. The van der Waals surface area contributed by atoms with Crippen molar-refractivity contribution in [1.29, 1.82) is 0 Å². The third-order valence-corrected chi connectivity index (χ3v) is 5.76. The zero-order valence-electron chi connectivity index (χ0n) is 18.2. The number of aromatic nitrogens is 4.